The summed E-state index contributed by atoms with van der Waals surface area (Å²) in [5.41, 5.74) is 2.04. The van der Waals surface area contributed by atoms with Crippen LogP contribution in [-0.4, -0.2) is 35.8 Å². The van der Waals surface area contributed by atoms with Crippen LogP contribution in [0.25, 0.3) is 0 Å². The Hall–Kier alpha value is -1.84. The van der Waals surface area contributed by atoms with E-state index in [0.717, 1.165) is 43.4 Å². The summed E-state index contributed by atoms with van der Waals surface area (Å²) in [6.45, 7) is 7.55. The van der Waals surface area contributed by atoms with Crippen LogP contribution in [-0.2, 0) is 16.0 Å². The number of carbonyl (C=O) groups is 2. The van der Waals surface area contributed by atoms with Gasteiger partial charge in [0.1, 0.15) is 0 Å². The van der Waals surface area contributed by atoms with E-state index in [4.69, 9.17) is 0 Å². The predicted octanol–water partition coefficient (Wildman–Crippen LogP) is 3.39. The second-order valence-corrected chi connectivity index (χ2v) is 6.36. The van der Waals surface area contributed by atoms with Gasteiger partial charge < -0.3 is 9.80 Å². The molecule has 1 heterocycles. The summed E-state index contributed by atoms with van der Waals surface area (Å²) in [6, 6.07) is 7.93. The zero-order valence-corrected chi connectivity index (χ0v) is 14.5. The first-order valence-corrected chi connectivity index (χ1v) is 8.80. The maximum Gasteiger partial charge on any atom is 0.316 e. The zero-order chi connectivity index (χ0) is 16.8. The van der Waals surface area contributed by atoms with Gasteiger partial charge in [-0.15, -0.1) is 0 Å². The average molecular weight is 316 g/mol. The highest BCUT2D eigenvalue weighted by Crippen LogP contribution is 2.32. The van der Waals surface area contributed by atoms with Crippen molar-refractivity contribution in [2.24, 2.45) is 0 Å². The summed E-state index contributed by atoms with van der Waals surface area (Å²) in [5.74, 6) is -0.731. The van der Waals surface area contributed by atoms with E-state index in [9.17, 15) is 9.59 Å². The number of fused-ring (bicyclic) bond motifs is 1. The molecule has 0 N–H and O–H groups in total. The molecule has 0 bridgehead atoms. The lowest BCUT2D eigenvalue weighted by Gasteiger charge is -2.27. The van der Waals surface area contributed by atoms with E-state index < -0.39 is 0 Å². The molecule has 126 valence electrons. The van der Waals surface area contributed by atoms with Gasteiger partial charge >= 0.3 is 11.8 Å². The number of unbranched alkanes of at least 4 members (excludes halogenated alkanes) is 2. The van der Waals surface area contributed by atoms with Gasteiger partial charge in [-0.1, -0.05) is 44.9 Å². The number of amides is 2. The Morgan fingerprint density at radius 2 is 1.74 bits per heavy atom. The number of benzene rings is 1. The van der Waals surface area contributed by atoms with Crippen LogP contribution in [0.4, 0.5) is 5.69 Å². The van der Waals surface area contributed by atoms with Crippen LogP contribution in [0.3, 0.4) is 0 Å². The van der Waals surface area contributed by atoms with Gasteiger partial charge in [0.25, 0.3) is 0 Å². The van der Waals surface area contributed by atoms with Crippen molar-refractivity contribution in [2.75, 3.05) is 18.0 Å². The Bertz CT molecular complexity index is 548. The first-order chi connectivity index (χ1) is 11.1. The molecule has 1 aromatic rings. The van der Waals surface area contributed by atoms with E-state index >= 15 is 0 Å². The van der Waals surface area contributed by atoms with E-state index in [-0.39, 0.29) is 17.9 Å². The van der Waals surface area contributed by atoms with Crippen molar-refractivity contribution in [2.45, 2.75) is 58.9 Å². The minimum absolute atomic E-state index is 0.0445. The third-order valence-corrected chi connectivity index (χ3v) is 4.46. The van der Waals surface area contributed by atoms with E-state index in [1.807, 2.05) is 31.2 Å². The highest BCUT2D eigenvalue weighted by molar-refractivity contribution is 6.40. The van der Waals surface area contributed by atoms with Crippen molar-refractivity contribution in [3.8, 4) is 0 Å². The smallest absolute Gasteiger partial charge is 0.316 e. The van der Waals surface area contributed by atoms with Gasteiger partial charge in [-0.3, -0.25) is 9.59 Å². The Morgan fingerprint density at radius 3 is 2.35 bits per heavy atom. The minimum atomic E-state index is -0.380. The predicted molar refractivity (Wildman–Crippen MR) is 93.5 cm³/mol. The van der Waals surface area contributed by atoms with Gasteiger partial charge in [0.05, 0.1) is 0 Å². The third-order valence-electron chi connectivity index (χ3n) is 4.46. The van der Waals surface area contributed by atoms with E-state index in [1.54, 1.807) is 9.80 Å². The molecule has 2 rings (SSSR count). The molecule has 2 amide bonds. The highest BCUT2D eigenvalue weighted by Gasteiger charge is 2.35. The standard InChI is InChI=1S/C19H28N2O2/c1-4-6-12-20(13-7-5-2)18(22)19(23)21-15(3)14-16-10-8-9-11-17(16)21/h8-11,15H,4-7,12-14H2,1-3H3. The van der Waals surface area contributed by atoms with Crippen LogP contribution >= 0.6 is 0 Å². The molecule has 0 spiro atoms. The molecule has 1 atom stereocenters. The van der Waals surface area contributed by atoms with Crippen LogP contribution in [0.5, 0.6) is 0 Å². The van der Waals surface area contributed by atoms with Gasteiger partial charge in [-0.05, 0) is 37.8 Å². The molecule has 0 aromatic heterocycles. The van der Waals surface area contributed by atoms with Crippen molar-refractivity contribution >= 4 is 17.5 Å². The molecular weight excluding hydrogens is 288 g/mol. The molecular formula is C19H28N2O2. The summed E-state index contributed by atoms with van der Waals surface area (Å²) < 4.78 is 0. The summed E-state index contributed by atoms with van der Waals surface area (Å²) in [6.07, 6.45) is 4.74. The lowest BCUT2D eigenvalue weighted by Crippen LogP contribution is -2.48. The number of carbonyl (C=O) groups excluding carboxylic acids is 2. The number of hydrogen-bond acceptors (Lipinski definition) is 2. The van der Waals surface area contributed by atoms with Gasteiger partial charge in [-0.2, -0.15) is 0 Å². The molecule has 4 nitrogen and oxygen atoms in total. The topological polar surface area (TPSA) is 40.6 Å². The number of nitrogens with zero attached hydrogens (tertiary/aromatic N) is 2. The maximum atomic E-state index is 12.8. The molecule has 4 heteroatoms. The summed E-state index contributed by atoms with van der Waals surface area (Å²) in [4.78, 5) is 29.0. The molecule has 1 aliphatic rings. The lowest BCUT2D eigenvalue weighted by atomic mass is 10.1. The Labute approximate surface area is 139 Å². The van der Waals surface area contributed by atoms with Crippen molar-refractivity contribution in [1.29, 1.82) is 0 Å². The Morgan fingerprint density at radius 1 is 1.13 bits per heavy atom. The molecule has 0 saturated heterocycles. The van der Waals surface area contributed by atoms with Gasteiger partial charge in [0.15, 0.2) is 0 Å². The molecule has 23 heavy (non-hydrogen) atoms. The van der Waals surface area contributed by atoms with Gasteiger partial charge in [0.2, 0.25) is 0 Å². The summed E-state index contributed by atoms with van der Waals surface area (Å²) in [5, 5.41) is 0. The first-order valence-electron chi connectivity index (χ1n) is 8.80. The average Bonchev–Trinajstić information content (AvgIpc) is 2.89. The van der Waals surface area contributed by atoms with Crippen LogP contribution in [0, 0.1) is 0 Å². The molecule has 0 aliphatic carbocycles. The second-order valence-electron chi connectivity index (χ2n) is 6.36. The van der Waals surface area contributed by atoms with Gasteiger partial charge in [0, 0.05) is 24.8 Å². The fourth-order valence-corrected chi connectivity index (χ4v) is 3.13. The third kappa shape index (κ3) is 3.92. The van der Waals surface area contributed by atoms with Crippen molar-refractivity contribution in [3.63, 3.8) is 0 Å². The molecule has 1 unspecified atom stereocenters. The van der Waals surface area contributed by atoms with E-state index in [2.05, 4.69) is 13.8 Å². The molecule has 0 saturated carbocycles. The SMILES string of the molecule is CCCCN(CCCC)C(=O)C(=O)N1c2ccccc2CC1C. The number of hydrogen-bond donors (Lipinski definition) is 0. The first kappa shape index (κ1) is 17.5. The van der Waals surface area contributed by atoms with E-state index in [0.29, 0.717) is 13.1 Å². The van der Waals surface area contributed by atoms with Crippen LogP contribution in [0.15, 0.2) is 24.3 Å². The zero-order valence-electron chi connectivity index (χ0n) is 14.5. The normalized spacial score (nSPS) is 16.3. The fraction of sp³-hybridized carbons (Fsp3) is 0.579. The lowest BCUT2D eigenvalue weighted by molar-refractivity contribution is -0.144. The maximum absolute atomic E-state index is 12.8. The largest absolute Gasteiger partial charge is 0.334 e. The van der Waals surface area contributed by atoms with Crippen molar-refractivity contribution in [3.05, 3.63) is 29.8 Å². The fourth-order valence-electron chi connectivity index (χ4n) is 3.13. The quantitative estimate of drug-likeness (QED) is 0.755. The van der Waals surface area contributed by atoms with Crippen molar-refractivity contribution < 1.29 is 9.59 Å². The summed E-state index contributed by atoms with van der Waals surface area (Å²) in [7, 11) is 0. The molecule has 1 aromatic carbocycles. The molecule has 0 fully saturated rings. The second kappa shape index (κ2) is 8.14. The Balaban J connectivity index is 2.15. The molecule has 1 aliphatic heterocycles. The number of para-hydroxylation sites is 1. The minimum Gasteiger partial charge on any atom is -0.334 e. The summed E-state index contributed by atoms with van der Waals surface area (Å²) >= 11 is 0. The highest BCUT2D eigenvalue weighted by atomic mass is 16.2. The van der Waals surface area contributed by atoms with Crippen molar-refractivity contribution in [1.82, 2.24) is 4.90 Å². The van der Waals surface area contributed by atoms with Crippen LogP contribution < -0.4 is 4.90 Å². The monoisotopic (exact) mass is 316 g/mol. The Kier molecular flexibility index (Phi) is 6.20. The van der Waals surface area contributed by atoms with Gasteiger partial charge in [-0.25, -0.2) is 0 Å². The van der Waals surface area contributed by atoms with E-state index in [1.165, 1.54) is 0 Å². The molecule has 0 radical (unpaired) electrons. The van der Waals surface area contributed by atoms with Crippen LogP contribution in [0.1, 0.15) is 52.0 Å². The number of rotatable bonds is 6. The van der Waals surface area contributed by atoms with Crippen LogP contribution in [0.2, 0.25) is 0 Å². The number of anilines is 1.